The largest absolute Gasteiger partial charge is 0.464 e. The maximum Gasteiger partial charge on any atom is 0.329 e. The summed E-state index contributed by atoms with van der Waals surface area (Å²) in [6.07, 6.45) is 6.66. The molecular formula is C19H20N4O3S. The van der Waals surface area contributed by atoms with Gasteiger partial charge in [-0.3, -0.25) is 9.78 Å². The summed E-state index contributed by atoms with van der Waals surface area (Å²) >= 11 is 1.73. The highest BCUT2D eigenvalue weighted by Gasteiger charge is 2.39. The maximum absolute atomic E-state index is 12.7. The molecule has 1 fully saturated rings. The normalized spacial score (nSPS) is 20.9. The molecule has 2 N–H and O–H groups in total. The van der Waals surface area contributed by atoms with Gasteiger partial charge in [0, 0.05) is 24.0 Å². The topological polar surface area (TPSA) is 83.6 Å². The number of nitrogens with one attached hydrogen (secondary N) is 2. The highest BCUT2D eigenvalue weighted by Crippen LogP contribution is 2.40. The molecule has 7 nitrogen and oxygen atoms in total. The van der Waals surface area contributed by atoms with Crippen LogP contribution in [-0.2, 0) is 4.79 Å². The Morgan fingerprint density at radius 1 is 1.19 bits per heavy atom. The van der Waals surface area contributed by atoms with Crippen molar-refractivity contribution in [1.29, 1.82) is 0 Å². The fraction of sp³-hybridized carbons (Fsp3) is 0.316. The number of hydrogen-bond donors (Lipinski definition) is 2. The lowest BCUT2D eigenvalue weighted by Gasteiger charge is -2.14. The first-order valence-electron chi connectivity index (χ1n) is 8.78. The van der Waals surface area contributed by atoms with Gasteiger partial charge in [-0.1, -0.05) is 0 Å². The molecule has 27 heavy (non-hydrogen) atoms. The van der Waals surface area contributed by atoms with E-state index in [1.54, 1.807) is 36.3 Å². The number of carbonyl (C=O) groups excluding carboxylic acids is 2. The summed E-state index contributed by atoms with van der Waals surface area (Å²) in [7, 11) is 0. The second kappa shape index (κ2) is 7.48. The standard InChI is InChI=1S/C19H20N4O3S/c1-27-10-2-3-15-18(24)23(19(25)22-15)13-4-5-14-16(11-13)26-17(21-14)12-6-8-20-9-7-12/h4-9,11,15,17,21H,2-3,10H2,1H3,(H,22,25)/t15-,17?/m0/s1. The predicted molar refractivity (Wildman–Crippen MR) is 105 cm³/mol. The molecule has 3 heterocycles. The van der Waals surface area contributed by atoms with Gasteiger partial charge >= 0.3 is 6.03 Å². The Kier molecular flexibility index (Phi) is 4.89. The van der Waals surface area contributed by atoms with Crippen molar-refractivity contribution >= 4 is 35.1 Å². The number of pyridine rings is 1. The van der Waals surface area contributed by atoms with Gasteiger partial charge in [0.25, 0.3) is 5.91 Å². The Hall–Kier alpha value is -2.74. The van der Waals surface area contributed by atoms with Crippen LogP contribution in [0.15, 0.2) is 42.7 Å². The third kappa shape index (κ3) is 3.44. The Morgan fingerprint density at radius 2 is 2.00 bits per heavy atom. The van der Waals surface area contributed by atoms with E-state index in [4.69, 9.17) is 4.74 Å². The minimum atomic E-state index is -0.457. The van der Waals surface area contributed by atoms with E-state index in [1.165, 1.54) is 4.90 Å². The molecule has 2 aliphatic rings. The van der Waals surface area contributed by atoms with Crippen LogP contribution in [0.3, 0.4) is 0 Å². The van der Waals surface area contributed by atoms with E-state index in [0.29, 0.717) is 17.9 Å². The third-order valence-corrected chi connectivity index (χ3v) is 5.32. The number of ether oxygens (including phenoxy) is 1. The van der Waals surface area contributed by atoms with Crippen LogP contribution in [0.5, 0.6) is 5.75 Å². The molecule has 2 atom stereocenters. The van der Waals surface area contributed by atoms with Crippen LogP contribution in [0.2, 0.25) is 0 Å². The third-order valence-electron chi connectivity index (χ3n) is 4.62. The lowest BCUT2D eigenvalue weighted by molar-refractivity contribution is -0.118. The minimum absolute atomic E-state index is 0.210. The number of urea groups is 1. The summed E-state index contributed by atoms with van der Waals surface area (Å²) in [5.74, 6) is 1.37. The van der Waals surface area contributed by atoms with Crippen LogP contribution in [0.25, 0.3) is 0 Å². The van der Waals surface area contributed by atoms with E-state index < -0.39 is 6.04 Å². The Balaban J connectivity index is 1.50. The Labute approximate surface area is 161 Å². The number of amides is 3. The summed E-state index contributed by atoms with van der Waals surface area (Å²) in [6, 6.07) is 8.22. The van der Waals surface area contributed by atoms with Crippen molar-refractivity contribution in [2.75, 3.05) is 22.2 Å². The number of anilines is 2. The average Bonchev–Trinajstić information content (AvgIpc) is 3.23. The molecule has 0 aliphatic carbocycles. The lowest BCUT2D eigenvalue weighted by Crippen LogP contribution is -2.31. The van der Waals surface area contributed by atoms with Crippen LogP contribution in [0.1, 0.15) is 24.6 Å². The smallest absolute Gasteiger partial charge is 0.329 e. The van der Waals surface area contributed by atoms with Gasteiger partial charge in [-0.2, -0.15) is 11.8 Å². The van der Waals surface area contributed by atoms with E-state index in [-0.39, 0.29) is 18.2 Å². The quantitative estimate of drug-likeness (QED) is 0.588. The first-order valence-corrected chi connectivity index (χ1v) is 10.2. The Bertz CT molecular complexity index is 861. The van der Waals surface area contributed by atoms with Gasteiger partial charge in [-0.15, -0.1) is 0 Å². The second-order valence-corrected chi connectivity index (χ2v) is 7.40. The van der Waals surface area contributed by atoms with E-state index >= 15 is 0 Å². The number of imide groups is 1. The van der Waals surface area contributed by atoms with E-state index in [9.17, 15) is 9.59 Å². The molecule has 1 unspecified atom stereocenters. The van der Waals surface area contributed by atoms with Crippen LogP contribution < -0.4 is 20.3 Å². The zero-order valence-corrected chi connectivity index (χ0v) is 15.7. The predicted octanol–water partition coefficient (Wildman–Crippen LogP) is 3.15. The van der Waals surface area contributed by atoms with Crippen LogP contribution in [0, 0.1) is 0 Å². The fourth-order valence-electron chi connectivity index (χ4n) is 3.26. The van der Waals surface area contributed by atoms with Crippen LogP contribution in [-0.4, -0.2) is 35.0 Å². The molecule has 0 saturated carbocycles. The number of aromatic nitrogens is 1. The van der Waals surface area contributed by atoms with Crippen molar-refractivity contribution in [3.8, 4) is 5.75 Å². The molecule has 8 heteroatoms. The molecule has 0 spiro atoms. The number of carbonyl (C=O) groups is 2. The summed E-state index contributed by atoms with van der Waals surface area (Å²) < 4.78 is 5.96. The molecule has 1 aromatic carbocycles. The Morgan fingerprint density at radius 3 is 2.78 bits per heavy atom. The monoisotopic (exact) mass is 384 g/mol. The highest BCUT2D eigenvalue weighted by atomic mass is 32.2. The minimum Gasteiger partial charge on any atom is -0.464 e. The van der Waals surface area contributed by atoms with Crippen molar-refractivity contribution in [2.24, 2.45) is 0 Å². The van der Waals surface area contributed by atoms with Gasteiger partial charge in [0.1, 0.15) is 11.8 Å². The van der Waals surface area contributed by atoms with E-state index in [0.717, 1.165) is 23.4 Å². The zero-order chi connectivity index (χ0) is 18.8. The molecule has 2 aromatic rings. The van der Waals surface area contributed by atoms with Crippen LogP contribution >= 0.6 is 11.8 Å². The highest BCUT2D eigenvalue weighted by molar-refractivity contribution is 7.98. The van der Waals surface area contributed by atoms with Gasteiger partial charge in [-0.25, -0.2) is 9.69 Å². The number of thioether (sulfide) groups is 1. The number of nitrogens with zero attached hydrogens (tertiary/aromatic N) is 2. The van der Waals surface area contributed by atoms with Crippen LogP contribution in [0.4, 0.5) is 16.2 Å². The molecule has 4 rings (SSSR count). The average molecular weight is 384 g/mol. The van der Waals surface area contributed by atoms with Gasteiger partial charge in [0.05, 0.1) is 11.4 Å². The first-order chi connectivity index (χ1) is 13.2. The van der Waals surface area contributed by atoms with Gasteiger partial charge in [0.15, 0.2) is 6.23 Å². The fourth-order valence-corrected chi connectivity index (χ4v) is 3.71. The van der Waals surface area contributed by atoms with E-state index in [1.807, 2.05) is 24.5 Å². The lowest BCUT2D eigenvalue weighted by atomic mass is 10.1. The first kappa shape index (κ1) is 17.7. The number of hydrogen-bond acceptors (Lipinski definition) is 6. The van der Waals surface area contributed by atoms with Crippen molar-refractivity contribution in [3.05, 3.63) is 48.3 Å². The summed E-state index contributed by atoms with van der Waals surface area (Å²) in [5, 5.41) is 6.06. The van der Waals surface area contributed by atoms with Crippen molar-refractivity contribution < 1.29 is 14.3 Å². The van der Waals surface area contributed by atoms with Gasteiger partial charge in [0.2, 0.25) is 0 Å². The molecule has 2 aliphatic heterocycles. The van der Waals surface area contributed by atoms with E-state index in [2.05, 4.69) is 15.6 Å². The SMILES string of the molecule is CSCCC[C@@H]1NC(=O)N(c2ccc3c(c2)OC(c2ccncc2)N3)C1=O. The molecule has 0 radical (unpaired) electrons. The number of benzene rings is 1. The van der Waals surface area contributed by atoms with Crippen molar-refractivity contribution in [1.82, 2.24) is 10.3 Å². The summed E-state index contributed by atoms with van der Waals surface area (Å²) in [4.78, 5) is 30.2. The van der Waals surface area contributed by atoms with Crippen molar-refractivity contribution in [2.45, 2.75) is 25.1 Å². The number of fused-ring (bicyclic) bond motifs is 1. The molecule has 1 aromatic heterocycles. The molecular weight excluding hydrogens is 364 g/mol. The second-order valence-electron chi connectivity index (χ2n) is 6.41. The number of rotatable bonds is 6. The van der Waals surface area contributed by atoms with Gasteiger partial charge in [-0.05, 0) is 49.1 Å². The molecule has 1 saturated heterocycles. The maximum atomic E-state index is 12.7. The molecule has 0 bridgehead atoms. The molecule has 3 amide bonds. The van der Waals surface area contributed by atoms with Crippen molar-refractivity contribution in [3.63, 3.8) is 0 Å². The zero-order valence-electron chi connectivity index (χ0n) is 14.8. The summed E-state index contributed by atoms with van der Waals surface area (Å²) in [6.45, 7) is 0. The summed E-state index contributed by atoms with van der Waals surface area (Å²) in [5.41, 5.74) is 2.29. The molecule has 140 valence electrons. The van der Waals surface area contributed by atoms with Gasteiger partial charge < -0.3 is 15.4 Å².